The SMILES string of the molecule is C#CCOc1ccccc1CN(CC#C)c1ccccc1. The maximum atomic E-state index is 5.59. The molecule has 2 aromatic rings. The van der Waals surface area contributed by atoms with Crippen LogP contribution in [0.25, 0.3) is 0 Å². The minimum Gasteiger partial charge on any atom is -0.481 e. The predicted molar refractivity (Wildman–Crippen MR) is 87.1 cm³/mol. The van der Waals surface area contributed by atoms with Crippen molar-refractivity contribution in [2.45, 2.75) is 6.54 Å². The smallest absolute Gasteiger partial charge is 0.148 e. The lowest BCUT2D eigenvalue weighted by atomic mass is 10.1. The molecule has 0 heterocycles. The number of rotatable bonds is 6. The molecule has 2 rings (SSSR count). The quantitative estimate of drug-likeness (QED) is 0.750. The van der Waals surface area contributed by atoms with Crippen LogP contribution < -0.4 is 9.64 Å². The lowest BCUT2D eigenvalue weighted by Gasteiger charge is -2.23. The number of hydrogen-bond acceptors (Lipinski definition) is 2. The van der Waals surface area contributed by atoms with E-state index in [-0.39, 0.29) is 6.61 Å². The van der Waals surface area contributed by atoms with E-state index in [4.69, 9.17) is 17.6 Å². The second kappa shape index (κ2) is 7.68. The fraction of sp³-hybridized carbons (Fsp3) is 0.158. The zero-order valence-corrected chi connectivity index (χ0v) is 11.8. The minimum atomic E-state index is 0.261. The minimum absolute atomic E-state index is 0.261. The highest BCUT2D eigenvalue weighted by Crippen LogP contribution is 2.23. The summed E-state index contributed by atoms with van der Waals surface area (Å²) in [4.78, 5) is 2.12. The number of anilines is 1. The molecule has 0 spiro atoms. The lowest BCUT2D eigenvalue weighted by molar-refractivity contribution is 0.366. The number of hydrogen-bond donors (Lipinski definition) is 0. The Balaban J connectivity index is 2.22. The summed E-state index contributed by atoms with van der Waals surface area (Å²) in [7, 11) is 0. The summed E-state index contributed by atoms with van der Waals surface area (Å²) in [6.45, 7) is 1.47. The Morgan fingerprint density at radius 3 is 2.33 bits per heavy atom. The van der Waals surface area contributed by atoms with Gasteiger partial charge >= 0.3 is 0 Å². The first-order valence-electron chi connectivity index (χ1n) is 6.72. The van der Waals surface area contributed by atoms with Gasteiger partial charge in [-0.15, -0.1) is 12.8 Å². The highest BCUT2D eigenvalue weighted by Gasteiger charge is 2.09. The normalized spacial score (nSPS) is 9.43. The van der Waals surface area contributed by atoms with Gasteiger partial charge in [0.25, 0.3) is 0 Å². The second-order valence-electron chi connectivity index (χ2n) is 4.50. The molecule has 0 atom stereocenters. The first-order chi connectivity index (χ1) is 10.3. The van der Waals surface area contributed by atoms with Crippen LogP contribution in [0.1, 0.15) is 5.56 Å². The van der Waals surface area contributed by atoms with Crippen molar-refractivity contribution in [3.63, 3.8) is 0 Å². The fourth-order valence-corrected chi connectivity index (χ4v) is 2.09. The van der Waals surface area contributed by atoms with Crippen LogP contribution in [0.3, 0.4) is 0 Å². The second-order valence-corrected chi connectivity index (χ2v) is 4.50. The summed E-state index contributed by atoms with van der Waals surface area (Å²) in [5.74, 6) is 5.99. The first-order valence-corrected chi connectivity index (χ1v) is 6.72. The van der Waals surface area contributed by atoms with Crippen LogP contribution in [0.4, 0.5) is 5.69 Å². The number of nitrogens with zero attached hydrogens (tertiary/aromatic N) is 1. The third-order valence-electron chi connectivity index (χ3n) is 3.05. The highest BCUT2D eigenvalue weighted by atomic mass is 16.5. The molecule has 0 unspecified atom stereocenters. The molecule has 2 aromatic carbocycles. The third kappa shape index (κ3) is 4.06. The summed E-state index contributed by atoms with van der Waals surface area (Å²) in [6, 6.07) is 17.9. The molecule has 0 fully saturated rings. The molecule has 0 aliphatic heterocycles. The zero-order chi connectivity index (χ0) is 14.9. The average molecular weight is 275 g/mol. The lowest BCUT2D eigenvalue weighted by Crippen LogP contribution is -2.23. The topological polar surface area (TPSA) is 12.5 Å². The molecule has 0 aromatic heterocycles. The summed E-state index contributed by atoms with van der Waals surface area (Å²) >= 11 is 0. The fourth-order valence-electron chi connectivity index (χ4n) is 2.09. The van der Waals surface area contributed by atoms with Gasteiger partial charge in [-0.1, -0.05) is 48.2 Å². The summed E-state index contributed by atoms with van der Waals surface area (Å²) in [6.07, 6.45) is 10.7. The van der Waals surface area contributed by atoms with E-state index in [0.29, 0.717) is 13.1 Å². The van der Waals surface area contributed by atoms with E-state index in [1.165, 1.54) is 0 Å². The molecule has 0 bridgehead atoms. The Labute approximate surface area is 126 Å². The van der Waals surface area contributed by atoms with Crippen molar-refractivity contribution in [1.82, 2.24) is 0 Å². The molecule has 2 heteroatoms. The van der Waals surface area contributed by atoms with Crippen LogP contribution in [0.5, 0.6) is 5.75 Å². The van der Waals surface area contributed by atoms with Crippen molar-refractivity contribution >= 4 is 5.69 Å². The number of benzene rings is 2. The Hall–Kier alpha value is -2.84. The van der Waals surface area contributed by atoms with E-state index in [0.717, 1.165) is 17.0 Å². The van der Waals surface area contributed by atoms with E-state index >= 15 is 0 Å². The Morgan fingerprint density at radius 1 is 0.905 bits per heavy atom. The summed E-state index contributed by atoms with van der Waals surface area (Å²) in [5, 5.41) is 0. The van der Waals surface area contributed by atoms with Crippen LogP contribution in [0.15, 0.2) is 54.6 Å². The zero-order valence-electron chi connectivity index (χ0n) is 11.8. The number of ether oxygens (including phenoxy) is 1. The first kappa shape index (κ1) is 14.6. The van der Waals surface area contributed by atoms with Crippen molar-refractivity contribution in [2.75, 3.05) is 18.1 Å². The largest absolute Gasteiger partial charge is 0.481 e. The molecular formula is C19H17NO. The predicted octanol–water partition coefficient (Wildman–Crippen LogP) is 3.34. The Kier molecular flexibility index (Phi) is 5.33. The van der Waals surface area contributed by atoms with Gasteiger partial charge in [-0.2, -0.15) is 0 Å². The van der Waals surface area contributed by atoms with Crippen LogP contribution >= 0.6 is 0 Å². The molecular weight excluding hydrogens is 258 g/mol. The van der Waals surface area contributed by atoms with Gasteiger partial charge in [0.15, 0.2) is 0 Å². The molecule has 21 heavy (non-hydrogen) atoms. The van der Waals surface area contributed by atoms with Gasteiger partial charge in [0, 0.05) is 17.8 Å². The van der Waals surface area contributed by atoms with Crippen LogP contribution in [-0.4, -0.2) is 13.2 Å². The van der Waals surface area contributed by atoms with Gasteiger partial charge in [-0.3, -0.25) is 0 Å². The van der Waals surface area contributed by atoms with E-state index in [9.17, 15) is 0 Å². The van der Waals surface area contributed by atoms with E-state index in [1.54, 1.807) is 0 Å². The summed E-state index contributed by atoms with van der Waals surface area (Å²) < 4.78 is 5.59. The van der Waals surface area contributed by atoms with Crippen molar-refractivity contribution in [2.24, 2.45) is 0 Å². The molecule has 0 saturated carbocycles. The molecule has 0 aliphatic carbocycles. The number of para-hydroxylation sites is 2. The van der Waals surface area contributed by atoms with Crippen molar-refractivity contribution < 1.29 is 4.74 Å². The van der Waals surface area contributed by atoms with Crippen molar-refractivity contribution in [3.8, 4) is 30.4 Å². The Bertz CT molecular complexity index is 649. The number of terminal acetylenes is 2. The van der Waals surface area contributed by atoms with Gasteiger partial charge in [0.2, 0.25) is 0 Å². The molecule has 2 nitrogen and oxygen atoms in total. The van der Waals surface area contributed by atoms with Gasteiger partial charge in [-0.25, -0.2) is 0 Å². The molecule has 0 aliphatic rings. The molecule has 104 valence electrons. The molecule has 0 saturated heterocycles. The molecule has 0 amide bonds. The van der Waals surface area contributed by atoms with Crippen LogP contribution in [-0.2, 0) is 6.54 Å². The van der Waals surface area contributed by atoms with Gasteiger partial charge in [0.1, 0.15) is 12.4 Å². The third-order valence-corrected chi connectivity index (χ3v) is 3.05. The summed E-state index contributed by atoms with van der Waals surface area (Å²) in [5.41, 5.74) is 2.15. The van der Waals surface area contributed by atoms with Gasteiger partial charge in [-0.05, 0) is 18.2 Å². The maximum absolute atomic E-state index is 5.59. The monoisotopic (exact) mass is 275 g/mol. The van der Waals surface area contributed by atoms with E-state index < -0.39 is 0 Å². The molecule has 0 N–H and O–H groups in total. The van der Waals surface area contributed by atoms with Crippen molar-refractivity contribution in [1.29, 1.82) is 0 Å². The van der Waals surface area contributed by atoms with Crippen molar-refractivity contribution in [3.05, 3.63) is 60.2 Å². The standard InChI is InChI=1S/C19H17NO/c1-3-14-20(18-11-6-5-7-12-18)16-17-10-8-9-13-19(17)21-15-4-2/h1-2,5-13H,14-16H2. The van der Waals surface area contributed by atoms with E-state index in [1.807, 2.05) is 54.6 Å². The van der Waals surface area contributed by atoms with Gasteiger partial charge < -0.3 is 9.64 Å². The van der Waals surface area contributed by atoms with E-state index in [2.05, 4.69) is 16.7 Å². The molecule has 0 radical (unpaired) electrons. The highest BCUT2D eigenvalue weighted by molar-refractivity contribution is 5.49. The maximum Gasteiger partial charge on any atom is 0.148 e. The Morgan fingerprint density at radius 2 is 1.62 bits per heavy atom. The van der Waals surface area contributed by atoms with Gasteiger partial charge in [0.05, 0.1) is 6.54 Å². The van der Waals surface area contributed by atoms with Crippen LogP contribution in [0.2, 0.25) is 0 Å². The average Bonchev–Trinajstić information content (AvgIpc) is 2.54. The van der Waals surface area contributed by atoms with Crippen LogP contribution in [0, 0.1) is 24.7 Å².